The molecule has 0 aromatic heterocycles. The minimum atomic E-state index is -1.81. The highest BCUT2D eigenvalue weighted by molar-refractivity contribution is 6.13. The van der Waals surface area contributed by atoms with Gasteiger partial charge in [0, 0.05) is 17.8 Å². The van der Waals surface area contributed by atoms with Gasteiger partial charge in [0.25, 0.3) is 5.91 Å². The van der Waals surface area contributed by atoms with E-state index < -0.39 is 11.5 Å². The summed E-state index contributed by atoms with van der Waals surface area (Å²) in [4.78, 5) is 29.7. The number of aliphatic hydroxyl groups is 1. The third-order valence-corrected chi connectivity index (χ3v) is 5.55. The Balaban J connectivity index is 1.70. The lowest BCUT2D eigenvalue weighted by atomic mass is 9.88. The Kier molecular flexibility index (Phi) is 5.14. The molecule has 3 aromatic rings. The zero-order valence-corrected chi connectivity index (χ0v) is 17.1. The topological polar surface area (TPSA) is 60.9 Å². The minimum absolute atomic E-state index is 0.146. The van der Waals surface area contributed by atoms with Crippen LogP contribution in [0.1, 0.15) is 23.6 Å². The molecular weight excluding hydrogens is 376 g/mol. The van der Waals surface area contributed by atoms with E-state index in [2.05, 4.69) is 0 Å². The number of carbonyl (C=O) groups is 2. The van der Waals surface area contributed by atoms with Crippen molar-refractivity contribution in [2.45, 2.75) is 19.4 Å². The van der Waals surface area contributed by atoms with Crippen LogP contribution in [0, 0.1) is 6.92 Å². The summed E-state index contributed by atoms with van der Waals surface area (Å²) < 4.78 is 0. The fourth-order valence-corrected chi connectivity index (χ4v) is 4.07. The number of hydrogen-bond acceptors (Lipinski definition) is 3. The molecule has 152 valence electrons. The average Bonchev–Trinajstić information content (AvgIpc) is 2.98. The van der Waals surface area contributed by atoms with Crippen LogP contribution in [0.25, 0.3) is 0 Å². The fraction of sp³-hybridized carbons (Fsp3) is 0.200. The maximum Gasteiger partial charge on any atom is 0.268 e. The van der Waals surface area contributed by atoms with E-state index >= 15 is 0 Å². The molecule has 0 spiro atoms. The number of fused-ring (bicyclic) bond motifs is 1. The minimum Gasteiger partial charge on any atom is -0.372 e. The molecule has 30 heavy (non-hydrogen) atoms. The fourth-order valence-electron chi connectivity index (χ4n) is 4.07. The number of amides is 2. The van der Waals surface area contributed by atoms with Crippen molar-refractivity contribution in [2.24, 2.45) is 0 Å². The molecule has 1 atom stereocenters. The van der Waals surface area contributed by atoms with E-state index in [-0.39, 0.29) is 12.5 Å². The lowest BCUT2D eigenvalue weighted by Gasteiger charge is -2.26. The molecule has 0 saturated heterocycles. The predicted octanol–water partition coefficient (Wildman–Crippen LogP) is 3.63. The molecule has 0 unspecified atom stereocenters. The molecule has 0 bridgehead atoms. The summed E-state index contributed by atoms with van der Waals surface area (Å²) in [7, 11) is 0. The first-order valence-electron chi connectivity index (χ1n) is 10.0. The van der Waals surface area contributed by atoms with Crippen molar-refractivity contribution >= 4 is 23.2 Å². The van der Waals surface area contributed by atoms with Gasteiger partial charge in [0.15, 0.2) is 5.60 Å². The molecule has 1 aliphatic rings. The summed E-state index contributed by atoms with van der Waals surface area (Å²) in [5, 5.41) is 11.5. The van der Waals surface area contributed by atoms with Crippen LogP contribution in [0.2, 0.25) is 0 Å². The van der Waals surface area contributed by atoms with E-state index in [9.17, 15) is 14.7 Å². The summed E-state index contributed by atoms with van der Waals surface area (Å²) in [6, 6.07) is 23.7. The molecule has 1 N–H and O–H groups in total. The van der Waals surface area contributed by atoms with Crippen molar-refractivity contribution in [1.29, 1.82) is 0 Å². The number of aryl methyl sites for hydroxylation is 1. The van der Waals surface area contributed by atoms with Crippen LogP contribution in [-0.4, -0.2) is 30.0 Å². The Labute approximate surface area is 176 Å². The normalized spacial score (nSPS) is 17.7. The van der Waals surface area contributed by atoms with Crippen molar-refractivity contribution in [2.75, 3.05) is 22.9 Å². The van der Waals surface area contributed by atoms with Crippen LogP contribution in [-0.2, 0) is 15.2 Å². The van der Waals surface area contributed by atoms with E-state index in [1.807, 2.05) is 44.2 Å². The third-order valence-electron chi connectivity index (χ3n) is 5.55. The zero-order valence-electron chi connectivity index (χ0n) is 17.1. The number of benzene rings is 3. The Bertz CT molecular complexity index is 1100. The first kappa shape index (κ1) is 19.9. The van der Waals surface area contributed by atoms with E-state index in [4.69, 9.17) is 0 Å². The summed E-state index contributed by atoms with van der Waals surface area (Å²) in [6.07, 6.45) is 0. The number of rotatable bonds is 5. The van der Waals surface area contributed by atoms with Gasteiger partial charge >= 0.3 is 0 Å². The molecule has 5 nitrogen and oxygen atoms in total. The number of hydrogen-bond donors (Lipinski definition) is 1. The number of anilines is 2. The van der Waals surface area contributed by atoms with Gasteiger partial charge < -0.3 is 10.0 Å². The highest BCUT2D eigenvalue weighted by Gasteiger charge is 2.51. The highest BCUT2D eigenvalue weighted by Crippen LogP contribution is 2.44. The second kappa shape index (κ2) is 7.76. The Morgan fingerprint density at radius 1 is 1.00 bits per heavy atom. The van der Waals surface area contributed by atoms with Crippen molar-refractivity contribution in [3.63, 3.8) is 0 Å². The molecule has 5 heteroatoms. The Morgan fingerprint density at radius 3 is 2.40 bits per heavy atom. The van der Waals surface area contributed by atoms with Crippen molar-refractivity contribution in [1.82, 2.24) is 0 Å². The molecule has 3 aromatic carbocycles. The van der Waals surface area contributed by atoms with E-state index in [1.54, 1.807) is 53.4 Å². The third kappa shape index (κ3) is 3.17. The lowest BCUT2D eigenvalue weighted by molar-refractivity contribution is -0.133. The van der Waals surface area contributed by atoms with Crippen LogP contribution in [0.3, 0.4) is 0 Å². The molecular formula is C25H24N2O3. The number of para-hydroxylation sites is 1. The predicted molar refractivity (Wildman–Crippen MR) is 117 cm³/mol. The maximum atomic E-state index is 13.4. The highest BCUT2D eigenvalue weighted by atomic mass is 16.3. The Morgan fingerprint density at radius 2 is 1.70 bits per heavy atom. The summed E-state index contributed by atoms with van der Waals surface area (Å²) >= 11 is 0. The zero-order chi connectivity index (χ0) is 21.3. The number of carbonyl (C=O) groups excluding carboxylic acids is 2. The van der Waals surface area contributed by atoms with Crippen LogP contribution in [0.5, 0.6) is 0 Å². The first-order chi connectivity index (χ1) is 14.5. The van der Waals surface area contributed by atoms with E-state index in [0.29, 0.717) is 23.4 Å². The molecule has 0 fully saturated rings. The summed E-state index contributed by atoms with van der Waals surface area (Å²) in [5.74, 6) is -0.716. The molecule has 0 saturated carbocycles. The van der Waals surface area contributed by atoms with Gasteiger partial charge in [-0.25, -0.2) is 0 Å². The molecule has 0 aliphatic carbocycles. The molecule has 1 aliphatic heterocycles. The van der Waals surface area contributed by atoms with Gasteiger partial charge in [-0.15, -0.1) is 0 Å². The smallest absolute Gasteiger partial charge is 0.268 e. The second-order valence-electron chi connectivity index (χ2n) is 7.46. The largest absolute Gasteiger partial charge is 0.372 e. The van der Waals surface area contributed by atoms with E-state index in [0.717, 1.165) is 11.3 Å². The van der Waals surface area contributed by atoms with Crippen LogP contribution >= 0.6 is 0 Å². The van der Waals surface area contributed by atoms with Gasteiger partial charge in [-0.2, -0.15) is 0 Å². The van der Waals surface area contributed by atoms with Crippen LogP contribution in [0.15, 0.2) is 78.9 Å². The maximum absolute atomic E-state index is 13.4. The van der Waals surface area contributed by atoms with Crippen molar-refractivity contribution in [3.05, 3.63) is 95.6 Å². The van der Waals surface area contributed by atoms with Gasteiger partial charge in [-0.1, -0.05) is 60.7 Å². The Hall–Kier alpha value is -3.44. The van der Waals surface area contributed by atoms with Gasteiger partial charge in [0.2, 0.25) is 5.91 Å². The monoisotopic (exact) mass is 400 g/mol. The number of likely N-dealkylation sites (N-methyl/N-ethyl adjacent to an activating group) is 1. The molecule has 4 rings (SSSR count). The average molecular weight is 400 g/mol. The quantitative estimate of drug-likeness (QED) is 0.711. The molecule has 1 heterocycles. The van der Waals surface area contributed by atoms with Gasteiger partial charge in [-0.3, -0.25) is 14.5 Å². The molecule has 0 radical (unpaired) electrons. The molecule has 2 amide bonds. The lowest BCUT2D eigenvalue weighted by Crippen LogP contribution is -2.46. The van der Waals surface area contributed by atoms with Crippen molar-refractivity contribution < 1.29 is 14.7 Å². The summed E-state index contributed by atoms with van der Waals surface area (Å²) in [6.45, 7) is 4.21. The van der Waals surface area contributed by atoms with Crippen LogP contribution in [0.4, 0.5) is 11.4 Å². The first-order valence-corrected chi connectivity index (χ1v) is 10.0. The summed E-state index contributed by atoms with van der Waals surface area (Å²) in [5.41, 5.74) is 1.58. The second-order valence-corrected chi connectivity index (χ2v) is 7.46. The standard InChI is InChI=1S/C25H24N2O3/c1-3-26(20-13-9-10-18(2)16-20)23(28)17-27-22-15-8-7-14-21(22)25(30,24(27)29)19-11-5-4-6-12-19/h4-16,30H,3,17H2,1-2H3/t25-/m0/s1. The van der Waals surface area contributed by atoms with E-state index in [1.165, 1.54) is 4.90 Å². The van der Waals surface area contributed by atoms with Crippen LogP contribution < -0.4 is 9.80 Å². The van der Waals surface area contributed by atoms with Crippen molar-refractivity contribution in [3.8, 4) is 0 Å². The van der Waals surface area contributed by atoms with Gasteiger partial charge in [0.05, 0.1) is 5.69 Å². The number of nitrogens with zero attached hydrogens (tertiary/aromatic N) is 2. The van der Waals surface area contributed by atoms with Gasteiger partial charge in [0.1, 0.15) is 6.54 Å². The van der Waals surface area contributed by atoms with Gasteiger partial charge in [-0.05, 0) is 43.2 Å². The SMILES string of the molecule is CCN(C(=O)CN1C(=O)[C@](O)(c2ccccc2)c2ccccc21)c1cccc(C)c1.